The van der Waals surface area contributed by atoms with E-state index in [-0.39, 0.29) is 5.91 Å². The molecule has 1 aliphatic heterocycles. The van der Waals surface area contributed by atoms with Gasteiger partial charge in [-0.1, -0.05) is 13.3 Å². The van der Waals surface area contributed by atoms with E-state index in [1.807, 2.05) is 4.90 Å². The molecule has 0 bridgehead atoms. The first-order valence-corrected chi connectivity index (χ1v) is 8.49. The number of carbonyl (C=O) groups excluding carboxylic acids is 1. The van der Waals surface area contributed by atoms with Gasteiger partial charge in [-0.05, 0) is 45.3 Å². The molecule has 0 aromatic carbocycles. The van der Waals surface area contributed by atoms with E-state index in [0.717, 1.165) is 32.5 Å². The average molecular weight is 345 g/mol. The maximum Gasteiger partial charge on any atom is 0.219 e. The van der Waals surface area contributed by atoms with Crippen LogP contribution in [0.25, 0.3) is 0 Å². The number of amides is 1. The molecular formula is C14H21BrN2OS. The van der Waals surface area contributed by atoms with Crippen LogP contribution in [0.2, 0.25) is 0 Å². The van der Waals surface area contributed by atoms with Gasteiger partial charge < -0.3 is 10.2 Å². The number of nitrogens with one attached hydrogen (secondary N) is 1. The van der Waals surface area contributed by atoms with Crippen LogP contribution in [0, 0.1) is 5.92 Å². The summed E-state index contributed by atoms with van der Waals surface area (Å²) in [5.41, 5.74) is 1.33. The molecule has 5 heteroatoms. The van der Waals surface area contributed by atoms with Crippen LogP contribution in [0.3, 0.4) is 0 Å². The molecule has 106 valence electrons. The maximum atomic E-state index is 11.5. The normalized spacial score (nSPS) is 23.6. The van der Waals surface area contributed by atoms with Gasteiger partial charge in [0.1, 0.15) is 0 Å². The van der Waals surface area contributed by atoms with Crippen molar-refractivity contribution in [2.24, 2.45) is 5.92 Å². The van der Waals surface area contributed by atoms with Gasteiger partial charge in [0.05, 0.1) is 3.79 Å². The van der Waals surface area contributed by atoms with Gasteiger partial charge in [0.25, 0.3) is 0 Å². The molecule has 0 aliphatic carbocycles. The molecule has 1 aliphatic rings. The molecule has 19 heavy (non-hydrogen) atoms. The summed E-state index contributed by atoms with van der Waals surface area (Å²) in [6, 6.07) is 2.70. The van der Waals surface area contributed by atoms with Gasteiger partial charge in [-0.15, -0.1) is 11.3 Å². The van der Waals surface area contributed by atoms with E-state index in [9.17, 15) is 4.79 Å². The van der Waals surface area contributed by atoms with Crippen LogP contribution in [0.1, 0.15) is 32.3 Å². The van der Waals surface area contributed by atoms with E-state index in [0.29, 0.717) is 12.0 Å². The highest BCUT2D eigenvalue weighted by Gasteiger charge is 2.28. The lowest BCUT2D eigenvalue weighted by atomic mass is 9.89. The molecule has 1 amide bonds. The van der Waals surface area contributed by atoms with Crippen LogP contribution < -0.4 is 5.32 Å². The van der Waals surface area contributed by atoms with E-state index in [2.05, 4.69) is 39.6 Å². The fraction of sp³-hybridized carbons (Fsp3) is 0.643. The topological polar surface area (TPSA) is 32.3 Å². The first kappa shape index (κ1) is 15.0. The molecule has 0 saturated carbocycles. The SMILES string of the molecule is CC[C@H]1CN(C(C)=O)CC[C@@H]1NCc1csc(Br)c1. The summed E-state index contributed by atoms with van der Waals surface area (Å²) in [7, 11) is 0. The Hall–Kier alpha value is -0.390. The third-order valence-corrected chi connectivity index (χ3v) is 5.45. The minimum atomic E-state index is 0.207. The summed E-state index contributed by atoms with van der Waals surface area (Å²) in [5, 5.41) is 5.84. The van der Waals surface area contributed by atoms with Gasteiger partial charge in [0, 0.05) is 32.6 Å². The minimum absolute atomic E-state index is 0.207. The Kier molecular flexibility index (Phi) is 5.42. The third kappa shape index (κ3) is 4.04. The van der Waals surface area contributed by atoms with E-state index in [4.69, 9.17) is 0 Å². The van der Waals surface area contributed by atoms with Crippen molar-refractivity contribution in [3.63, 3.8) is 0 Å². The first-order chi connectivity index (χ1) is 9.10. The lowest BCUT2D eigenvalue weighted by Gasteiger charge is -2.38. The van der Waals surface area contributed by atoms with Gasteiger partial charge in [-0.2, -0.15) is 0 Å². The zero-order valence-corrected chi connectivity index (χ0v) is 13.9. The number of hydrogen-bond acceptors (Lipinski definition) is 3. The van der Waals surface area contributed by atoms with E-state index >= 15 is 0 Å². The summed E-state index contributed by atoms with van der Waals surface area (Å²) in [4.78, 5) is 13.4. The molecule has 2 heterocycles. The Morgan fingerprint density at radius 2 is 2.42 bits per heavy atom. The first-order valence-electron chi connectivity index (χ1n) is 6.82. The van der Waals surface area contributed by atoms with E-state index < -0.39 is 0 Å². The molecule has 2 rings (SSSR count). The predicted molar refractivity (Wildman–Crippen MR) is 83.3 cm³/mol. The number of likely N-dealkylation sites (tertiary alicyclic amines) is 1. The van der Waals surface area contributed by atoms with Crippen LogP contribution in [-0.2, 0) is 11.3 Å². The average Bonchev–Trinajstić information content (AvgIpc) is 2.81. The zero-order valence-electron chi connectivity index (χ0n) is 11.5. The van der Waals surface area contributed by atoms with Crippen LogP contribution >= 0.6 is 27.3 Å². The van der Waals surface area contributed by atoms with Crippen molar-refractivity contribution < 1.29 is 4.79 Å². The second-order valence-corrected chi connectivity index (χ2v) is 7.46. The maximum absolute atomic E-state index is 11.5. The number of rotatable bonds is 4. The van der Waals surface area contributed by atoms with Crippen molar-refractivity contribution in [2.75, 3.05) is 13.1 Å². The van der Waals surface area contributed by atoms with Gasteiger partial charge in [0.2, 0.25) is 5.91 Å². The molecule has 0 unspecified atom stereocenters. The Morgan fingerprint density at radius 1 is 1.63 bits per heavy atom. The molecule has 1 saturated heterocycles. The van der Waals surface area contributed by atoms with Crippen molar-refractivity contribution in [3.8, 4) is 0 Å². The van der Waals surface area contributed by atoms with Crippen molar-refractivity contribution in [1.29, 1.82) is 0 Å². The van der Waals surface area contributed by atoms with Crippen molar-refractivity contribution in [3.05, 3.63) is 20.8 Å². The quantitative estimate of drug-likeness (QED) is 0.909. The van der Waals surface area contributed by atoms with Crippen LogP contribution in [0.5, 0.6) is 0 Å². The standard InChI is InChI=1S/C14H21BrN2OS/c1-3-12-8-17(10(2)18)5-4-13(12)16-7-11-6-14(15)19-9-11/h6,9,12-13,16H,3-5,7-8H2,1-2H3/t12-,13-/m0/s1. The summed E-state index contributed by atoms with van der Waals surface area (Å²) >= 11 is 5.22. The van der Waals surface area contributed by atoms with Crippen molar-refractivity contribution >= 4 is 33.2 Å². The van der Waals surface area contributed by atoms with Gasteiger partial charge in [-0.3, -0.25) is 4.79 Å². The number of carbonyl (C=O) groups is 1. The number of nitrogens with zero attached hydrogens (tertiary/aromatic N) is 1. The number of hydrogen-bond donors (Lipinski definition) is 1. The lowest BCUT2D eigenvalue weighted by molar-refractivity contribution is -0.131. The molecule has 3 nitrogen and oxygen atoms in total. The second kappa shape index (κ2) is 6.86. The minimum Gasteiger partial charge on any atom is -0.343 e. The van der Waals surface area contributed by atoms with Gasteiger partial charge >= 0.3 is 0 Å². The molecule has 1 N–H and O–H groups in total. The number of thiophene rings is 1. The molecule has 0 radical (unpaired) electrons. The Labute approximate surface area is 127 Å². The summed E-state index contributed by atoms with van der Waals surface area (Å²) in [6.07, 6.45) is 2.18. The van der Waals surface area contributed by atoms with Gasteiger partial charge in [-0.25, -0.2) is 0 Å². The van der Waals surface area contributed by atoms with Crippen LogP contribution in [0.4, 0.5) is 0 Å². The summed E-state index contributed by atoms with van der Waals surface area (Å²) < 4.78 is 1.18. The number of halogens is 1. The molecule has 1 aromatic heterocycles. The molecule has 0 spiro atoms. The number of piperidine rings is 1. The molecule has 1 fully saturated rings. The predicted octanol–water partition coefficient (Wildman–Crippen LogP) is 3.25. The lowest BCUT2D eigenvalue weighted by Crippen LogP contribution is -2.50. The fourth-order valence-corrected chi connectivity index (χ4v) is 3.90. The van der Waals surface area contributed by atoms with Crippen molar-refractivity contribution in [2.45, 2.75) is 39.3 Å². The highest BCUT2D eigenvalue weighted by Crippen LogP contribution is 2.23. The second-order valence-electron chi connectivity index (χ2n) is 5.17. The summed E-state index contributed by atoms with van der Waals surface area (Å²) in [6.45, 7) is 6.59. The molecule has 2 atom stereocenters. The van der Waals surface area contributed by atoms with E-state index in [1.165, 1.54) is 9.35 Å². The fourth-order valence-electron chi connectivity index (χ4n) is 2.69. The Morgan fingerprint density at radius 3 is 3.00 bits per heavy atom. The summed E-state index contributed by atoms with van der Waals surface area (Å²) in [5.74, 6) is 0.776. The molecular weight excluding hydrogens is 324 g/mol. The smallest absolute Gasteiger partial charge is 0.219 e. The highest BCUT2D eigenvalue weighted by molar-refractivity contribution is 9.11. The third-order valence-electron chi connectivity index (χ3n) is 3.89. The largest absolute Gasteiger partial charge is 0.343 e. The van der Waals surface area contributed by atoms with Crippen LogP contribution in [0.15, 0.2) is 15.2 Å². The van der Waals surface area contributed by atoms with E-state index in [1.54, 1.807) is 18.3 Å². The Balaban J connectivity index is 1.87. The van der Waals surface area contributed by atoms with Crippen LogP contribution in [-0.4, -0.2) is 29.9 Å². The Bertz CT molecular complexity index is 435. The zero-order chi connectivity index (χ0) is 13.8. The monoisotopic (exact) mass is 344 g/mol. The molecule has 1 aromatic rings. The van der Waals surface area contributed by atoms with Crippen molar-refractivity contribution in [1.82, 2.24) is 10.2 Å². The van der Waals surface area contributed by atoms with Gasteiger partial charge in [0.15, 0.2) is 0 Å². The highest BCUT2D eigenvalue weighted by atomic mass is 79.9.